The maximum Gasteiger partial charge on any atom is 0.416 e. The van der Waals surface area contributed by atoms with Crippen molar-refractivity contribution in [1.82, 2.24) is 4.90 Å². The number of nitrogens with zero attached hydrogens (tertiary/aromatic N) is 1. The molecular formula is C27H21F3N2O3S2. The minimum absolute atomic E-state index is 0.0199. The smallest absolute Gasteiger partial charge is 0.416 e. The number of nitrogens with one attached hydrogen (secondary N) is 1. The van der Waals surface area contributed by atoms with Gasteiger partial charge in [0.2, 0.25) is 0 Å². The van der Waals surface area contributed by atoms with Gasteiger partial charge in [0.15, 0.2) is 6.61 Å². The van der Waals surface area contributed by atoms with Crippen molar-refractivity contribution in [2.75, 3.05) is 18.5 Å². The van der Waals surface area contributed by atoms with Crippen LogP contribution in [0.4, 0.5) is 18.9 Å². The molecule has 0 aliphatic carbocycles. The van der Waals surface area contributed by atoms with E-state index >= 15 is 0 Å². The molecule has 2 amide bonds. The molecule has 0 radical (unpaired) electrons. The molecule has 3 aromatic carbocycles. The number of rotatable bonds is 8. The van der Waals surface area contributed by atoms with Gasteiger partial charge in [-0.15, -0.1) is 0 Å². The summed E-state index contributed by atoms with van der Waals surface area (Å²) in [4.78, 5) is 27.2. The van der Waals surface area contributed by atoms with Gasteiger partial charge in [0.1, 0.15) is 10.1 Å². The van der Waals surface area contributed by atoms with E-state index in [9.17, 15) is 22.8 Å². The van der Waals surface area contributed by atoms with Crippen molar-refractivity contribution >= 4 is 51.9 Å². The Hall–Kier alpha value is -3.63. The molecule has 0 bridgehead atoms. The fourth-order valence-electron chi connectivity index (χ4n) is 3.54. The molecule has 37 heavy (non-hydrogen) atoms. The monoisotopic (exact) mass is 542 g/mol. The second kappa shape index (κ2) is 11.6. The average molecular weight is 543 g/mol. The fraction of sp³-hybridized carbons (Fsp3) is 0.148. The standard InChI is InChI=1S/C27H21F3N2O3S2/c28-27(29,30)20-9-5-10-21(16-20)31-24(33)17-35-22-11-4-8-19(14-22)15-23-25(34)32(26(36)37-23)13-12-18-6-2-1-3-7-18/h1-11,14-16H,12-13,17H2,(H,31,33)/b23-15-. The predicted octanol–water partition coefficient (Wildman–Crippen LogP) is 6.17. The summed E-state index contributed by atoms with van der Waals surface area (Å²) in [6.07, 6.45) is -2.11. The van der Waals surface area contributed by atoms with E-state index in [1.165, 1.54) is 23.9 Å². The highest BCUT2D eigenvalue weighted by atomic mass is 32.2. The Morgan fingerprint density at radius 1 is 1.03 bits per heavy atom. The lowest BCUT2D eigenvalue weighted by atomic mass is 10.1. The maximum absolute atomic E-state index is 12.9. The molecular weight excluding hydrogens is 521 g/mol. The second-order valence-electron chi connectivity index (χ2n) is 8.06. The van der Waals surface area contributed by atoms with Crippen molar-refractivity contribution in [2.24, 2.45) is 0 Å². The summed E-state index contributed by atoms with van der Waals surface area (Å²) in [5, 5.41) is 2.39. The van der Waals surface area contributed by atoms with Crippen LogP contribution >= 0.6 is 24.0 Å². The fourth-order valence-corrected chi connectivity index (χ4v) is 4.85. The van der Waals surface area contributed by atoms with Crippen LogP contribution in [0.5, 0.6) is 5.75 Å². The van der Waals surface area contributed by atoms with E-state index in [4.69, 9.17) is 17.0 Å². The number of carbonyl (C=O) groups excluding carboxylic acids is 2. The number of thiocarbonyl (C=S) groups is 1. The van der Waals surface area contributed by atoms with Gasteiger partial charge in [-0.2, -0.15) is 13.2 Å². The van der Waals surface area contributed by atoms with E-state index in [1.54, 1.807) is 35.2 Å². The van der Waals surface area contributed by atoms with Crippen molar-refractivity contribution in [3.05, 3.63) is 100 Å². The Kier molecular flexibility index (Phi) is 8.30. The third-order valence-corrected chi connectivity index (χ3v) is 6.72. The lowest BCUT2D eigenvalue weighted by Gasteiger charge is -2.14. The van der Waals surface area contributed by atoms with Gasteiger partial charge in [0, 0.05) is 12.2 Å². The summed E-state index contributed by atoms with van der Waals surface area (Å²) in [6, 6.07) is 21.0. The Labute approximate surface area is 221 Å². The molecule has 1 heterocycles. The molecule has 1 saturated heterocycles. The van der Waals surface area contributed by atoms with Crippen LogP contribution in [0.3, 0.4) is 0 Å². The second-order valence-corrected chi connectivity index (χ2v) is 9.73. The van der Waals surface area contributed by atoms with Gasteiger partial charge in [-0.05, 0) is 54.0 Å². The number of alkyl halides is 3. The van der Waals surface area contributed by atoms with E-state index in [2.05, 4.69) is 5.32 Å². The number of hydrogen-bond acceptors (Lipinski definition) is 5. The Balaban J connectivity index is 1.35. The maximum atomic E-state index is 12.9. The summed E-state index contributed by atoms with van der Waals surface area (Å²) in [5.74, 6) is -0.408. The van der Waals surface area contributed by atoms with E-state index in [0.29, 0.717) is 33.5 Å². The first-order valence-corrected chi connectivity index (χ1v) is 12.4. The number of carbonyl (C=O) groups is 2. The molecule has 4 rings (SSSR count). The molecule has 190 valence electrons. The van der Waals surface area contributed by atoms with Crippen molar-refractivity contribution in [3.63, 3.8) is 0 Å². The molecule has 0 aromatic heterocycles. The Morgan fingerprint density at radius 2 is 1.78 bits per heavy atom. The Morgan fingerprint density at radius 3 is 2.54 bits per heavy atom. The summed E-state index contributed by atoms with van der Waals surface area (Å²) >= 11 is 6.62. The molecule has 10 heteroatoms. The molecule has 1 N–H and O–H groups in total. The summed E-state index contributed by atoms with van der Waals surface area (Å²) in [6.45, 7) is 0.0808. The molecule has 0 unspecified atom stereocenters. The van der Waals surface area contributed by atoms with Crippen LogP contribution in [-0.4, -0.2) is 34.2 Å². The van der Waals surface area contributed by atoms with Crippen LogP contribution < -0.4 is 10.1 Å². The molecule has 0 saturated carbocycles. The lowest BCUT2D eigenvalue weighted by molar-refractivity contribution is -0.137. The van der Waals surface area contributed by atoms with Gasteiger partial charge < -0.3 is 10.1 Å². The SMILES string of the molecule is O=C(COc1cccc(/C=C2\SC(=S)N(CCc3ccccc3)C2=O)c1)Nc1cccc(C(F)(F)F)c1. The zero-order valence-corrected chi connectivity index (χ0v) is 21.0. The van der Waals surface area contributed by atoms with Crippen LogP contribution in [-0.2, 0) is 22.2 Å². The minimum Gasteiger partial charge on any atom is -0.484 e. The summed E-state index contributed by atoms with van der Waals surface area (Å²) < 4.78 is 44.6. The van der Waals surface area contributed by atoms with Crippen LogP contribution in [0.2, 0.25) is 0 Å². The van der Waals surface area contributed by atoms with E-state index in [0.717, 1.165) is 17.7 Å². The Bertz CT molecular complexity index is 1340. The van der Waals surface area contributed by atoms with Gasteiger partial charge in [0.25, 0.3) is 11.8 Å². The molecule has 3 aromatic rings. The largest absolute Gasteiger partial charge is 0.484 e. The van der Waals surface area contributed by atoms with Crippen LogP contribution in [0, 0.1) is 0 Å². The molecule has 1 aliphatic rings. The highest BCUT2D eigenvalue weighted by Gasteiger charge is 2.32. The first-order chi connectivity index (χ1) is 17.7. The number of thioether (sulfide) groups is 1. The van der Waals surface area contributed by atoms with Crippen molar-refractivity contribution in [3.8, 4) is 5.75 Å². The average Bonchev–Trinajstić information content (AvgIpc) is 3.13. The first kappa shape index (κ1) is 26.4. The number of benzene rings is 3. The van der Waals surface area contributed by atoms with Crippen LogP contribution in [0.25, 0.3) is 6.08 Å². The van der Waals surface area contributed by atoms with E-state index in [1.807, 2.05) is 30.3 Å². The van der Waals surface area contributed by atoms with Gasteiger partial charge in [-0.1, -0.05) is 72.5 Å². The highest BCUT2D eigenvalue weighted by Crippen LogP contribution is 2.33. The lowest BCUT2D eigenvalue weighted by Crippen LogP contribution is -2.30. The number of anilines is 1. The third kappa shape index (κ3) is 7.21. The van der Waals surface area contributed by atoms with Gasteiger partial charge >= 0.3 is 6.18 Å². The van der Waals surface area contributed by atoms with Crippen molar-refractivity contribution < 1.29 is 27.5 Å². The van der Waals surface area contributed by atoms with Gasteiger partial charge in [-0.3, -0.25) is 14.5 Å². The molecule has 1 fully saturated rings. The summed E-state index contributed by atoms with van der Waals surface area (Å²) in [5.41, 5.74) is 0.956. The molecule has 1 aliphatic heterocycles. The number of halogens is 3. The zero-order valence-electron chi connectivity index (χ0n) is 19.3. The van der Waals surface area contributed by atoms with Gasteiger partial charge in [0.05, 0.1) is 10.5 Å². The summed E-state index contributed by atoms with van der Waals surface area (Å²) in [7, 11) is 0. The number of amides is 2. The highest BCUT2D eigenvalue weighted by molar-refractivity contribution is 8.26. The van der Waals surface area contributed by atoms with Crippen molar-refractivity contribution in [2.45, 2.75) is 12.6 Å². The minimum atomic E-state index is -4.51. The van der Waals surface area contributed by atoms with E-state index in [-0.39, 0.29) is 11.6 Å². The van der Waals surface area contributed by atoms with E-state index < -0.39 is 24.3 Å². The molecule has 5 nitrogen and oxygen atoms in total. The number of hydrogen-bond donors (Lipinski definition) is 1. The van der Waals surface area contributed by atoms with Crippen LogP contribution in [0.1, 0.15) is 16.7 Å². The zero-order chi connectivity index (χ0) is 26.4. The normalized spacial score (nSPS) is 14.8. The first-order valence-electron chi connectivity index (χ1n) is 11.2. The predicted molar refractivity (Wildman–Crippen MR) is 142 cm³/mol. The van der Waals surface area contributed by atoms with Crippen molar-refractivity contribution in [1.29, 1.82) is 0 Å². The third-order valence-electron chi connectivity index (χ3n) is 5.34. The topological polar surface area (TPSA) is 58.6 Å². The van der Waals surface area contributed by atoms with Gasteiger partial charge in [-0.25, -0.2) is 0 Å². The molecule has 0 atom stereocenters. The molecule has 0 spiro atoms. The quantitative estimate of drug-likeness (QED) is 0.273. The number of ether oxygens (including phenoxy) is 1. The van der Waals surface area contributed by atoms with Crippen LogP contribution in [0.15, 0.2) is 83.8 Å².